The zero-order valence-corrected chi connectivity index (χ0v) is 16.2. The van der Waals surface area contributed by atoms with Gasteiger partial charge in [-0.1, -0.05) is 36.4 Å². The van der Waals surface area contributed by atoms with Gasteiger partial charge in [-0.2, -0.15) is 0 Å². The van der Waals surface area contributed by atoms with Gasteiger partial charge in [-0.05, 0) is 40.5 Å². The first-order valence-electron chi connectivity index (χ1n) is 8.42. The maximum Gasteiger partial charge on any atom is 0.307 e. The van der Waals surface area contributed by atoms with Crippen molar-refractivity contribution in [3.05, 3.63) is 71.3 Å². The largest absolute Gasteiger partial charge is 0.481 e. The van der Waals surface area contributed by atoms with Gasteiger partial charge in [-0.25, -0.2) is 8.42 Å². The Kier molecular flexibility index (Phi) is 4.93. The number of carbonyl (C=O) groups is 1. The van der Waals surface area contributed by atoms with Crippen molar-refractivity contribution >= 4 is 37.5 Å². The maximum atomic E-state index is 12.6. The van der Waals surface area contributed by atoms with Crippen LogP contribution in [0.4, 0.5) is 5.69 Å². The molecule has 0 saturated heterocycles. The van der Waals surface area contributed by atoms with Crippen LogP contribution in [0.2, 0.25) is 0 Å². The van der Waals surface area contributed by atoms with Crippen LogP contribution in [0.25, 0.3) is 16.1 Å². The second-order valence-electron chi connectivity index (χ2n) is 6.75. The normalized spacial score (nSPS) is 15.1. The molecule has 2 aromatic rings. The van der Waals surface area contributed by atoms with Crippen LogP contribution >= 0.6 is 0 Å². The fraction of sp³-hybridized carbons (Fsp3) is 0.190. The summed E-state index contributed by atoms with van der Waals surface area (Å²) in [5, 5.41) is 9.29. The summed E-state index contributed by atoms with van der Waals surface area (Å²) >= 11 is 0. The number of nitrogens with zero attached hydrogens (tertiary/aromatic N) is 1. The molecule has 1 N–H and O–H groups in total. The van der Waals surface area contributed by atoms with Crippen LogP contribution in [0.15, 0.2) is 54.6 Å². The Morgan fingerprint density at radius 2 is 1.70 bits per heavy atom. The lowest BCUT2D eigenvalue weighted by Crippen LogP contribution is -2.09. The van der Waals surface area contributed by atoms with Crippen molar-refractivity contribution in [3.63, 3.8) is 0 Å². The molecule has 140 valence electrons. The van der Waals surface area contributed by atoms with E-state index in [-0.39, 0.29) is 11.3 Å². The van der Waals surface area contributed by atoms with E-state index in [1.165, 1.54) is 6.26 Å². The smallest absolute Gasteiger partial charge is 0.307 e. The van der Waals surface area contributed by atoms with Crippen LogP contribution in [-0.4, -0.2) is 39.8 Å². The summed E-state index contributed by atoms with van der Waals surface area (Å²) in [5.41, 5.74) is 4.16. The number of hydrogen-bond acceptors (Lipinski definition) is 4. The van der Waals surface area contributed by atoms with Crippen LogP contribution in [-0.2, 0) is 14.6 Å². The molecule has 0 atom stereocenters. The van der Waals surface area contributed by atoms with Crippen molar-refractivity contribution < 1.29 is 18.3 Å². The van der Waals surface area contributed by atoms with Gasteiger partial charge in [0.15, 0.2) is 9.84 Å². The van der Waals surface area contributed by atoms with Crippen LogP contribution in [0.1, 0.15) is 23.1 Å². The molecular weight excluding hydrogens is 362 g/mol. The Bertz CT molecular complexity index is 1060. The Labute approximate surface area is 159 Å². The molecule has 0 amide bonds. The van der Waals surface area contributed by atoms with Gasteiger partial charge in [0.25, 0.3) is 0 Å². The highest BCUT2D eigenvalue weighted by Gasteiger charge is 2.27. The molecule has 0 saturated carbocycles. The van der Waals surface area contributed by atoms with E-state index in [1.54, 1.807) is 30.3 Å². The minimum atomic E-state index is -3.55. The third-order valence-corrected chi connectivity index (χ3v) is 5.66. The first-order valence-corrected chi connectivity index (χ1v) is 10.3. The summed E-state index contributed by atoms with van der Waals surface area (Å²) < 4.78 is 25.2. The Morgan fingerprint density at radius 3 is 2.26 bits per heavy atom. The maximum absolute atomic E-state index is 12.6. The quantitative estimate of drug-likeness (QED) is 0.855. The molecule has 0 radical (unpaired) electrons. The summed E-state index contributed by atoms with van der Waals surface area (Å²) in [5.74, 6) is -0.954. The van der Waals surface area contributed by atoms with Gasteiger partial charge in [-0.3, -0.25) is 4.79 Å². The van der Waals surface area contributed by atoms with Crippen LogP contribution in [0.5, 0.6) is 0 Å². The molecule has 1 aliphatic rings. The Balaban J connectivity index is 2.34. The fourth-order valence-corrected chi connectivity index (χ4v) is 4.43. The third kappa shape index (κ3) is 3.80. The number of anilines is 1. The van der Waals surface area contributed by atoms with Gasteiger partial charge < -0.3 is 10.0 Å². The molecule has 3 rings (SSSR count). The van der Waals surface area contributed by atoms with E-state index in [1.807, 2.05) is 43.3 Å². The molecule has 0 fully saturated rings. The van der Waals surface area contributed by atoms with E-state index < -0.39 is 15.8 Å². The number of sulfone groups is 1. The van der Waals surface area contributed by atoms with E-state index in [0.29, 0.717) is 16.7 Å². The number of carboxylic acid groups (broad SMARTS) is 1. The van der Waals surface area contributed by atoms with Crippen LogP contribution < -0.4 is 4.90 Å². The van der Waals surface area contributed by atoms with Crippen molar-refractivity contribution in [2.24, 2.45) is 0 Å². The van der Waals surface area contributed by atoms with E-state index in [9.17, 15) is 18.3 Å². The van der Waals surface area contributed by atoms with Gasteiger partial charge in [0.05, 0.1) is 11.3 Å². The number of aliphatic carboxylic acids is 1. The molecule has 0 aromatic heterocycles. The predicted molar refractivity (Wildman–Crippen MR) is 109 cm³/mol. The summed E-state index contributed by atoms with van der Waals surface area (Å²) in [6, 6.07) is 14.6. The lowest BCUT2D eigenvalue weighted by molar-refractivity contribution is -0.135. The standard InChI is InChI=1S/C21H21NO4S/c1-22(2)16-9-10-17-18(13-16)15(12-20(23)24)11-19(17)21(27(3,25)26)14-7-5-4-6-8-14/h4-11,13H,12H2,1-3H3,(H,23,24). The van der Waals surface area contributed by atoms with Crippen molar-refractivity contribution in [3.8, 4) is 0 Å². The average Bonchev–Trinajstić information content (AvgIpc) is 2.91. The molecular formula is C21H21NO4S. The minimum Gasteiger partial charge on any atom is -0.481 e. The van der Waals surface area contributed by atoms with Crippen LogP contribution in [0.3, 0.4) is 0 Å². The number of hydrogen-bond donors (Lipinski definition) is 1. The molecule has 27 heavy (non-hydrogen) atoms. The number of carboxylic acids is 1. The fourth-order valence-electron chi connectivity index (χ4n) is 3.30. The van der Waals surface area contributed by atoms with Crippen molar-refractivity contribution in [1.29, 1.82) is 0 Å². The number of rotatable bonds is 5. The Hall–Kier alpha value is -2.86. The lowest BCUT2D eigenvalue weighted by atomic mass is 10.00. The van der Waals surface area contributed by atoms with E-state index in [0.717, 1.165) is 16.8 Å². The first-order chi connectivity index (χ1) is 12.7. The monoisotopic (exact) mass is 383 g/mol. The second kappa shape index (κ2) is 7.04. The SMILES string of the molecule is CN(C)c1ccc2c(c1)C(CC(=O)O)=CC2=C(c1ccccc1)S(C)(=O)=O. The average molecular weight is 383 g/mol. The van der Waals surface area contributed by atoms with Crippen LogP contribution in [0, 0.1) is 0 Å². The zero-order valence-electron chi connectivity index (χ0n) is 15.4. The highest BCUT2D eigenvalue weighted by atomic mass is 32.2. The molecule has 0 spiro atoms. The van der Waals surface area contributed by atoms with Gasteiger partial charge in [0.1, 0.15) is 0 Å². The van der Waals surface area contributed by atoms with Crippen molar-refractivity contribution in [2.75, 3.05) is 25.3 Å². The predicted octanol–water partition coefficient (Wildman–Crippen LogP) is 3.54. The highest BCUT2D eigenvalue weighted by molar-refractivity contribution is 8.00. The zero-order chi connectivity index (χ0) is 19.8. The number of fused-ring (bicyclic) bond motifs is 1. The Morgan fingerprint density at radius 1 is 1.04 bits per heavy atom. The molecule has 0 aliphatic heterocycles. The molecule has 1 aliphatic carbocycles. The van der Waals surface area contributed by atoms with Crippen molar-refractivity contribution in [2.45, 2.75) is 6.42 Å². The van der Waals surface area contributed by atoms with E-state index in [4.69, 9.17) is 0 Å². The first kappa shape index (κ1) is 18.9. The molecule has 0 heterocycles. The second-order valence-corrected chi connectivity index (χ2v) is 8.70. The number of benzene rings is 2. The molecule has 0 unspecified atom stereocenters. The van der Waals surface area contributed by atoms with Crippen molar-refractivity contribution in [1.82, 2.24) is 0 Å². The summed E-state index contributed by atoms with van der Waals surface area (Å²) in [4.78, 5) is 13.5. The minimum absolute atomic E-state index is 0.167. The van der Waals surface area contributed by atoms with Gasteiger partial charge in [-0.15, -0.1) is 0 Å². The lowest BCUT2D eigenvalue weighted by Gasteiger charge is -2.16. The number of allylic oxidation sites excluding steroid dienone is 2. The molecule has 2 aromatic carbocycles. The van der Waals surface area contributed by atoms with Gasteiger partial charge in [0, 0.05) is 31.6 Å². The summed E-state index contributed by atoms with van der Waals surface area (Å²) in [6.45, 7) is 0. The van der Waals surface area contributed by atoms with Gasteiger partial charge >= 0.3 is 5.97 Å². The molecule has 5 nitrogen and oxygen atoms in total. The molecule has 6 heteroatoms. The van der Waals surface area contributed by atoms with Gasteiger partial charge in [0.2, 0.25) is 0 Å². The topological polar surface area (TPSA) is 74.7 Å². The van der Waals surface area contributed by atoms with E-state index >= 15 is 0 Å². The highest BCUT2D eigenvalue weighted by Crippen LogP contribution is 2.43. The third-order valence-electron chi connectivity index (χ3n) is 4.47. The summed E-state index contributed by atoms with van der Waals surface area (Å²) in [7, 11) is 0.260. The van der Waals surface area contributed by atoms with E-state index in [2.05, 4.69) is 0 Å². The molecule has 0 bridgehead atoms. The summed E-state index contributed by atoms with van der Waals surface area (Å²) in [6.07, 6.45) is 2.71.